The van der Waals surface area contributed by atoms with Crippen molar-refractivity contribution in [3.05, 3.63) is 119 Å². The van der Waals surface area contributed by atoms with Gasteiger partial charge >= 0.3 is 11.9 Å². The third-order valence-corrected chi connectivity index (χ3v) is 7.13. The van der Waals surface area contributed by atoms with E-state index in [1.807, 2.05) is 36.4 Å². The molecule has 232 valence electrons. The first-order valence-corrected chi connectivity index (χ1v) is 15.3. The first kappa shape index (κ1) is 33.9. The Morgan fingerprint density at radius 1 is 0.591 bits per heavy atom. The van der Waals surface area contributed by atoms with Gasteiger partial charge in [-0.25, -0.2) is 9.59 Å². The Labute approximate surface area is 261 Å². The predicted molar refractivity (Wildman–Crippen MR) is 175 cm³/mol. The van der Waals surface area contributed by atoms with E-state index in [1.165, 1.54) is 67.9 Å². The van der Waals surface area contributed by atoms with Crippen LogP contribution >= 0.6 is 0 Å². The van der Waals surface area contributed by atoms with Crippen LogP contribution in [0.15, 0.2) is 97.1 Å². The maximum Gasteiger partial charge on any atom is 0.347 e. The molecule has 0 radical (unpaired) electrons. The number of benzene rings is 4. The minimum absolute atomic E-state index is 0.0558. The largest absolute Gasteiger partial charge is 0.507 e. The van der Waals surface area contributed by atoms with E-state index >= 15 is 0 Å². The molecule has 0 aliphatic rings. The molecule has 0 bridgehead atoms. The lowest BCUT2D eigenvalue weighted by Crippen LogP contribution is -2.11. The van der Waals surface area contributed by atoms with Crippen molar-refractivity contribution < 1.29 is 29.3 Å². The zero-order valence-corrected chi connectivity index (χ0v) is 26.2. The third kappa shape index (κ3) is 10.9. The molecule has 0 saturated carbocycles. The molecule has 0 aliphatic heterocycles. The Morgan fingerprint density at radius 3 is 1.48 bits per heavy atom. The minimum atomic E-state index is -0.563. The molecular weight excluding hydrogens is 552 g/mol. The lowest BCUT2D eigenvalue weighted by atomic mass is 9.87. The van der Waals surface area contributed by atoms with Gasteiger partial charge < -0.3 is 19.7 Å². The monoisotopic (exact) mass is 596 g/mol. The van der Waals surface area contributed by atoms with Crippen LogP contribution in [0.25, 0.3) is 0 Å². The predicted octanol–water partition coefficient (Wildman–Crippen LogP) is 9.42. The van der Waals surface area contributed by atoms with E-state index in [2.05, 4.69) is 27.7 Å². The van der Waals surface area contributed by atoms with Gasteiger partial charge in [0.15, 0.2) is 0 Å². The summed E-state index contributed by atoms with van der Waals surface area (Å²) in [6.45, 7) is 8.59. The summed E-state index contributed by atoms with van der Waals surface area (Å²) in [5, 5.41) is 19.3. The van der Waals surface area contributed by atoms with Gasteiger partial charge in [0.1, 0.15) is 34.1 Å². The molecule has 0 aliphatic carbocycles. The van der Waals surface area contributed by atoms with Gasteiger partial charge in [-0.2, -0.15) is 0 Å². The zero-order chi connectivity index (χ0) is 32.0. The Balaban J connectivity index is 0.000000244. The van der Waals surface area contributed by atoms with Crippen molar-refractivity contribution in [1.82, 2.24) is 0 Å². The van der Waals surface area contributed by atoms with E-state index in [0.717, 1.165) is 6.42 Å². The van der Waals surface area contributed by atoms with Crippen LogP contribution in [0, 0.1) is 0 Å². The van der Waals surface area contributed by atoms with Crippen LogP contribution in [-0.2, 0) is 11.8 Å². The number of carbonyl (C=O) groups is 2. The highest BCUT2D eigenvalue weighted by Crippen LogP contribution is 2.25. The van der Waals surface area contributed by atoms with E-state index in [1.54, 1.807) is 42.5 Å². The minimum Gasteiger partial charge on any atom is -0.507 e. The number of hydrogen-bond acceptors (Lipinski definition) is 6. The number of aromatic hydroxyl groups is 2. The van der Waals surface area contributed by atoms with Crippen molar-refractivity contribution in [3.63, 3.8) is 0 Å². The summed E-state index contributed by atoms with van der Waals surface area (Å²) in [6.07, 6.45) is 8.77. The normalized spacial score (nSPS) is 10.8. The molecule has 6 nitrogen and oxygen atoms in total. The van der Waals surface area contributed by atoms with Gasteiger partial charge in [-0.3, -0.25) is 0 Å². The molecule has 4 aromatic rings. The zero-order valence-electron chi connectivity index (χ0n) is 26.2. The van der Waals surface area contributed by atoms with Gasteiger partial charge in [-0.05, 0) is 77.9 Å². The van der Waals surface area contributed by atoms with Crippen molar-refractivity contribution in [2.24, 2.45) is 0 Å². The first-order valence-electron chi connectivity index (χ1n) is 15.3. The van der Waals surface area contributed by atoms with E-state index in [9.17, 15) is 19.8 Å². The molecule has 0 aromatic heterocycles. The lowest BCUT2D eigenvalue weighted by molar-refractivity contribution is 0.0721. The van der Waals surface area contributed by atoms with Crippen molar-refractivity contribution in [2.45, 2.75) is 78.1 Å². The number of esters is 2. The lowest BCUT2D eigenvalue weighted by Gasteiger charge is -2.19. The SMILES string of the molecule is CC(C)(C)c1ccc(OC(=O)c2ccccc2O)cc1.CCCCCCCCc1ccc(OC(=O)c2ccccc2O)cc1. The van der Waals surface area contributed by atoms with Crippen LogP contribution in [0.1, 0.15) is 98.1 Å². The van der Waals surface area contributed by atoms with E-state index in [0.29, 0.717) is 11.5 Å². The van der Waals surface area contributed by atoms with Crippen LogP contribution in [0.5, 0.6) is 23.0 Å². The molecule has 2 N–H and O–H groups in total. The van der Waals surface area contributed by atoms with Crippen LogP contribution in [-0.4, -0.2) is 22.2 Å². The second-order valence-electron chi connectivity index (χ2n) is 11.7. The molecule has 0 atom stereocenters. The van der Waals surface area contributed by atoms with Gasteiger partial charge in [0.05, 0.1) is 0 Å². The number of ether oxygens (including phenoxy) is 2. The number of phenolic OH excluding ortho intramolecular Hbond substituents is 2. The molecule has 4 aromatic carbocycles. The van der Waals surface area contributed by atoms with Crippen molar-refractivity contribution >= 4 is 11.9 Å². The number of unbranched alkanes of at least 4 members (excludes halogenated alkanes) is 5. The Kier molecular flexibility index (Phi) is 13.0. The summed E-state index contributed by atoms with van der Waals surface area (Å²) in [5.74, 6) is -0.296. The number of aryl methyl sites for hydroxylation is 1. The van der Waals surface area contributed by atoms with E-state index in [4.69, 9.17) is 9.47 Å². The molecular formula is C38H44O6. The number of carbonyl (C=O) groups excluding carboxylic acids is 2. The molecule has 0 heterocycles. The van der Waals surface area contributed by atoms with E-state index < -0.39 is 11.9 Å². The maximum atomic E-state index is 12.0. The molecule has 0 unspecified atom stereocenters. The molecule has 6 heteroatoms. The quantitative estimate of drug-likeness (QED) is 0.102. The topological polar surface area (TPSA) is 93.1 Å². The molecule has 0 spiro atoms. The summed E-state index contributed by atoms with van der Waals surface area (Å²) in [6, 6.07) is 27.7. The standard InChI is InChI=1S/C21H26O3.C17H18O3/c1-2-3-4-5-6-7-10-17-13-15-18(16-14-17)24-21(23)19-11-8-9-12-20(19)22;1-17(2,3)12-8-10-13(11-9-12)20-16(19)14-6-4-5-7-15(14)18/h8-9,11-16,22H,2-7,10H2,1H3;4-11,18H,1-3H3. The van der Waals surface area contributed by atoms with Gasteiger partial charge in [0, 0.05) is 0 Å². The summed E-state index contributed by atoms with van der Waals surface area (Å²) < 4.78 is 10.6. The Hall–Kier alpha value is -4.58. The average Bonchev–Trinajstić information content (AvgIpc) is 3.00. The second kappa shape index (κ2) is 16.9. The van der Waals surface area contributed by atoms with Gasteiger partial charge in [0.2, 0.25) is 0 Å². The Bertz CT molecular complexity index is 1470. The summed E-state index contributed by atoms with van der Waals surface area (Å²) in [5.41, 5.74) is 2.81. The molecule has 0 fully saturated rings. The van der Waals surface area contributed by atoms with E-state index in [-0.39, 0.29) is 28.0 Å². The Morgan fingerprint density at radius 2 is 1.02 bits per heavy atom. The highest BCUT2D eigenvalue weighted by Gasteiger charge is 2.16. The molecule has 0 amide bonds. The molecule has 44 heavy (non-hydrogen) atoms. The second-order valence-corrected chi connectivity index (χ2v) is 11.7. The fourth-order valence-electron chi connectivity index (χ4n) is 4.47. The van der Waals surface area contributed by atoms with Crippen molar-refractivity contribution in [3.8, 4) is 23.0 Å². The molecule has 4 rings (SSSR count). The summed E-state index contributed by atoms with van der Waals surface area (Å²) >= 11 is 0. The highest BCUT2D eigenvalue weighted by atomic mass is 16.5. The number of rotatable bonds is 11. The average molecular weight is 597 g/mol. The summed E-state index contributed by atoms with van der Waals surface area (Å²) in [4.78, 5) is 24.0. The van der Waals surface area contributed by atoms with Crippen molar-refractivity contribution in [2.75, 3.05) is 0 Å². The van der Waals surface area contributed by atoms with Gasteiger partial charge in [-0.1, -0.05) is 108 Å². The third-order valence-electron chi connectivity index (χ3n) is 7.13. The van der Waals surface area contributed by atoms with Gasteiger partial charge in [0.25, 0.3) is 0 Å². The fourth-order valence-corrected chi connectivity index (χ4v) is 4.47. The number of phenols is 2. The highest BCUT2D eigenvalue weighted by molar-refractivity contribution is 5.94. The molecule has 0 saturated heterocycles. The summed E-state index contributed by atoms with van der Waals surface area (Å²) in [7, 11) is 0. The van der Waals surface area contributed by atoms with Crippen LogP contribution in [0.2, 0.25) is 0 Å². The van der Waals surface area contributed by atoms with Crippen LogP contribution < -0.4 is 9.47 Å². The van der Waals surface area contributed by atoms with Crippen LogP contribution in [0.3, 0.4) is 0 Å². The number of hydrogen-bond donors (Lipinski definition) is 2. The smallest absolute Gasteiger partial charge is 0.347 e. The van der Waals surface area contributed by atoms with Crippen molar-refractivity contribution in [1.29, 1.82) is 0 Å². The van der Waals surface area contributed by atoms with Gasteiger partial charge in [-0.15, -0.1) is 0 Å². The fraction of sp³-hybridized carbons (Fsp3) is 0.316. The van der Waals surface area contributed by atoms with Crippen LogP contribution in [0.4, 0.5) is 0 Å². The maximum absolute atomic E-state index is 12.0. The number of para-hydroxylation sites is 2. The first-order chi connectivity index (χ1) is 21.1.